The Balaban J connectivity index is 1.22. The van der Waals surface area contributed by atoms with Crippen molar-refractivity contribution in [3.8, 4) is 5.69 Å². The smallest absolute Gasteiger partial charge is 0.435 e. The van der Waals surface area contributed by atoms with Gasteiger partial charge in [0.05, 0.1) is 23.2 Å². The van der Waals surface area contributed by atoms with Crippen LogP contribution in [0.3, 0.4) is 0 Å². The number of fused-ring (bicyclic) bond motifs is 2. The van der Waals surface area contributed by atoms with E-state index >= 15 is 0 Å². The first-order chi connectivity index (χ1) is 16.2. The predicted octanol–water partition coefficient (Wildman–Crippen LogP) is 3.62. The minimum atomic E-state index is -4.51. The lowest BCUT2D eigenvalue weighted by atomic mass is 9.92. The van der Waals surface area contributed by atoms with E-state index in [4.69, 9.17) is 4.74 Å². The van der Waals surface area contributed by atoms with E-state index in [1.165, 1.54) is 17.1 Å². The van der Waals surface area contributed by atoms with Crippen molar-refractivity contribution in [1.82, 2.24) is 19.7 Å². The molecule has 3 aliphatic rings. The molecule has 0 N–H and O–H groups in total. The van der Waals surface area contributed by atoms with Gasteiger partial charge in [0, 0.05) is 37.1 Å². The average Bonchev–Trinajstić information content (AvgIpc) is 3.17. The molecule has 2 aliphatic heterocycles. The van der Waals surface area contributed by atoms with Crippen LogP contribution in [0.5, 0.6) is 0 Å². The lowest BCUT2D eigenvalue weighted by Gasteiger charge is -2.27. The largest absolute Gasteiger partial charge is 0.449 e. The highest BCUT2D eigenvalue weighted by Crippen LogP contribution is 2.52. The molecule has 1 aliphatic carbocycles. The number of halogens is 3. The lowest BCUT2D eigenvalue weighted by molar-refractivity contribution is -0.141. The van der Waals surface area contributed by atoms with Gasteiger partial charge in [-0.2, -0.15) is 18.3 Å². The molecular weight excluding hydrogens is 449 g/mol. The van der Waals surface area contributed by atoms with Gasteiger partial charge in [0.15, 0.2) is 11.3 Å². The zero-order valence-electron chi connectivity index (χ0n) is 17.9. The maximum absolute atomic E-state index is 13.6. The molecular formula is C24H19F3N4O3. The number of hydrogen-bond acceptors (Lipinski definition) is 5. The number of ether oxygens (including phenoxy) is 1. The Morgan fingerprint density at radius 3 is 2.50 bits per heavy atom. The van der Waals surface area contributed by atoms with Gasteiger partial charge >= 0.3 is 12.1 Å². The van der Waals surface area contributed by atoms with Crippen molar-refractivity contribution in [2.75, 3.05) is 13.1 Å². The Hall–Kier alpha value is -3.69. The summed E-state index contributed by atoms with van der Waals surface area (Å²) in [5, 5.41) is 3.59. The minimum Gasteiger partial charge on any atom is -0.449 e. The molecule has 1 aromatic carbocycles. The van der Waals surface area contributed by atoms with Crippen LogP contribution >= 0.6 is 0 Å². The van der Waals surface area contributed by atoms with Crippen LogP contribution in [0.1, 0.15) is 46.4 Å². The van der Waals surface area contributed by atoms with E-state index in [0.29, 0.717) is 43.6 Å². The van der Waals surface area contributed by atoms with Gasteiger partial charge in [-0.3, -0.25) is 9.78 Å². The maximum Gasteiger partial charge on any atom is 0.435 e. The summed E-state index contributed by atoms with van der Waals surface area (Å²) < 4.78 is 45.4. The molecule has 1 saturated heterocycles. The van der Waals surface area contributed by atoms with Gasteiger partial charge in [-0.05, 0) is 42.7 Å². The van der Waals surface area contributed by atoms with Crippen molar-refractivity contribution in [3.05, 3.63) is 77.4 Å². The standard InChI is InChI=1S/C24H19F3N4O3/c25-24(26,27)19-6-11-31(29-19)16-3-1-15(2-4-16)22(7-8-22)21(33)30-12-9-23(14-30)18-5-10-28-13-17(18)20(32)34-23/h1-6,10-11,13H,7-9,12,14H2. The van der Waals surface area contributed by atoms with Gasteiger partial charge in [-0.1, -0.05) is 12.1 Å². The molecule has 1 atom stereocenters. The molecule has 1 unspecified atom stereocenters. The molecule has 10 heteroatoms. The molecule has 2 aromatic heterocycles. The number of likely N-dealkylation sites (tertiary alicyclic amines) is 1. The second-order valence-electron chi connectivity index (χ2n) is 9.05. The number of esters is 1. The molecule has 0 bridgehead atoms. The first-order valence-electron chi connectivity index (χ1n) is 10.9. The van der Waals surface area contributed by atoms with E-state index in [1.807, 2.05) is 0 Å². The van der Waals surface area contributed by atoms with Crippen LogP contribution in [0, 0.1) is 0 Å². The van der Waals surface area contributed by atoms with Crippen molar-refractivity contribution in [2.45, 2.75) is 36.5 Å². The number of alkyl halides is 3. The molecule has 174 valence electrons. The van der Waals surface area contributed by atoms with E-state index in [-0.39, 0.29) is 5.91 Å². The van der Waals surface area contributed by atoms with Gasteiger partial charge in [0.25, 0.3) is 0 Å². The highest BCUT2D eigenvalue weighted by Gasteiger charge is 2.57. The molecule has 0 radical (unpaired) electrons. The average molecular weight is 468 g/mol. The zero-order chi connectivity index (χ0) is 23.7. The number of hydrogen-bond donors (Lipinski definition) is 0. The second kappa shape index (κ2) is 6.91. The Morgan fingerprint density at radius 1 is 1.06 bits per heavy atom. The SMILES string of the molecule is O=C1OC2(CCN(C(=O)C3(c4ccc(-n5ccc(C(F)(F)F)n5)cc4)CC3)C2)c2ccncc21. The lowest BCUT2D eigenvalue weighted by Crippen LogP contribution is -2.40. The molecule has 2 fully saturated rings. The van der Waals surface area contributed by atoms with Crippen LogP contribution < -0.4 is 0 Å². The van der Waals surface area contributed by atoms with Crippen LogP contribution in [0.25, 0.3) is 5.69 Å². The van der Waals surface area contributed by atoms with E-state index < -0.39 is 28.9 Å². The van der Waals surface area contributed by atoms with Crippen LogP contribution in [0.15, 0.2) is 55.0 Å². The predicted molar refractivity (Wildman–Crippen MR) is 112 cm³/mol. The molecule has 1 amide bonds. The normalized spacial score (nSPS) is 22.7. The monoisotopic (exact) mass is 468 g/mol. The number of rotatable bonds is 3. The maximum atomic E-state index is 13.6. The minimum absolute atomic E-state index is 0.0193. The highest BCUT2D eigenvalue weighted by molar-refractivity contribution is 5.95. The van der Waals surface area contributed by atoms with Gasteiger partial charge < -0.3 is 9.64 Å². The van der Waals surface area contributed by atoms with Crippen molar-refractivity contribution in [1.29, 1.82) is 0 Å². The molecule has 34 heavy (non-hydrogen) atoms. The van der Waals surface area contributed by atoms with E-state index in [1.54, 1.807) is 41.4 Å². The third-order valence-electron chi connectivity index (χ3n) is 7.06. The fraction of sp³-hybridized carbons (Fsp3) is 0.333. The van der Waals surface area contributed by atoms with E-state index in [2.05, 4.69) is 10.1 Å². The summed E-state index contributed by atoms with van der Waals surface area (Å²) in [6.07, 6.45) is 1.77. The summed E-state index contributed by atoms with van der Waals surface area (Å²) in [4.78, 5) is 31.6. The first-order valence-corrected chi connectivity index (χ1v) is 10.9. The quantitative estimate of drug-likeness (QED) is 0.549. The fourth-order valence-corrected chi connectivity index (χ4v) is 5.11. The van der Waals surface area contributed by atoms with E-state index in [0.717, 1.165) is 17.2 Å². The van der Waals surface area contributed by atoms with Crippen molar-refractivity contribution in [3.63, 3.8) is 0 Å². The van der Waals surface area contributed by atoms with Crippen LogP contribution in [-0.4, -0.2) is 44.6 Å². The van der Waals surface area contributed by atoms with Crippen LogP contribution in [-0.2, 0) is 26.7 Å². The number of aromatic nitrogens is 3. The Kier molecular flexibility index (Phi) is 4.24. The summed E-state index contributed by atoms with van der Waals surface area (Å²) in [5.41, 5.74) is 0.0636. The number of nitrogens with zero attached hydrogens (tertiary/aromatic N) is 4. The molecule has 3 aromatic rings. The Morgan fingerprint density at radius 2 is 1.82 bits per heavy atom. The summed E-state index contributed by atoms with van der Waals surface area (Å²) >= 11 is 0. The van der Waals surface area contributed by atoms with Crippen LogP contribution in [0.4, 0.5) is 13.2 Å². The summed E-state index contributed by atoms with van der Waals surface area (Å²) in [6, 6.07) is 9.59. The Labute approximate surface area is 192 Å². The van der Waals surface area contributed by atoms with Crippen molar-refractivity contribution in [2.24, 2.45) is 0 Å². The fourth-order valence-electron chi connectivity index (χ4n) is 5.11. The number of carbonyl (C=O) groups is 2. The number of amides is 1. The summed E-state index contributed by atoms with van der Waals surface area (Å²) in [5.74, 6) is -0.435. The highest BCUT2D eigenvalue weighted by atomic mass is 19.4. The van der Waals surface area contributed by atoms with Gasteiger partial charge in [0.2, 0.25) is 5.91 Å². The number of benzene rings is 1. The summed E-state index contributed by atoms with van der Waals surface area (Å²) in [6.45, 7) is 0.767. The number of carbonyl (C=O) groups excluding carboxylic acids is 2. The Bertz CT molecular complexity index is 1310. The third kappa shape index (κ3) is 3.04. The topological polar surface area (TPSA) is 77.3 Å². The summed E-state index contributed by atoms with van der Waals surface area (Å²) in [7, 11) is 0. The number of pyridine rings is 1. The molecule has 4 heterocycles. The first kappa shape index (κ1) is 20.9. The van der Waals surface area contributed by atoms with Crippen molar-refractivity contribution < 1.29 is 27.5 Å². The van der Waals surface area contributed by atoms with Gasteiger partial charge in [0.1, 0.15) is 0 Å². The second-order valence-corrected chi connectivity index (χ2v) is 9.05. The zero-order valence-corrected chi connectivity index (χ0v) is 17.9. The molecule has 7 nitrogen and oxygen atoms in total. The van der Waals surface area contributed by atoms with Gasteiger partial charge in [-0.25, -0.2) is 9.48 Å². The van der Waals surface area contributed by atoms with Gasteiger partial charge in [-0.15, -0.1) is 0 Å². The van der Waals surface area contributed by atoms with Crippen molar-refractivity contribution >= 4 is 11.9 Å². The van der Waals surface area contributed by atoms with E-state index in [9.17, 15) is 22.8 Å². The third-order valence-corrected chi connectivity index (χ3v) is 7.06. The van der Waals surface area contributed by atoms with Crippen LogP contribution in [0.2, 0.25) is 0 Å². The molecule has 1 spiro atoms. The molecule has 6 rings (SSSR count). The molecule has 1 saturated carbocycles.